The molecule has 0 radical (unpaired) electrons. The molecule has 55 heavy (non-hydrogen) atoms. The van der Waals surface area contributed by atoms with Crippen LogP contribution in [0.5, 0.6) is 0 Å². The van der Waals surface area contributed by atoms with E-state index in [9.17, 15) is 50.0 Å². The van der Waals surface area contributed by atoms with Crippen molar-refractivity contribution in [1.82, 2.24) is 5.32 Å². The molecule has 0 saturated heterocycles. The number of hydrogen-bond donors (Lipinski definition) is 9. The van der Waals surface area contributed by atoms with Crippen molar-refractivity contribution in [2.45, 2.75) is 223 Å². The lowest BCUT2D eigenvalue weighted by atomic mass is 9.85. The van der Waals surface area contributed by atoms with Gasteiger partial charge in [0.1, 0.15) is 36.6 Å². The lowest BCUT2D eigenvalue weighted by Gasteiger charge is -2.41. The highest BCUT2D eigenvalue weighted by atomic mass is 31.2. The van der Waals surface area contributed by atoms with Gasteiger partial charge in [-0.15, -0.1) is 0 Å². The summed E-state index contributed by atoms with van der Waals surface area (Å²) >= 11 is 0. The second kappa shape index (κ2) is 31.7. The van der Waals surface area contributed by atoms with Gasteiger partial charge >= 0.3 is 7.82 Å². The number of hydrogen-bond acceptors (Lipinski definition) is 11. The maximum absolute atomic E-state index is 12.9. The minimum Gasteiger partial charge on any atom is -0.393 e. The number of carbonyl (C=O) groups is 1. The first-order chi connectivity index (χ1) is 26.3. The summed E-state index contributed by atoms with van der Waals surface area (Å²) in [7, 11) is -5.14. The summed E-state index contributed by atoms with van der Waals surface area (Å²) in [4.78, 5) is 23.3. The van der Waals surface area contributed by atoms with E-state index >= 15 is 0 Å². The molecule has 0 spiro atoms. The molecule has 1 fully saturated rings. The molecule has 1 amide bonds. The molecular formula is C41H78NO12P. The molecule has 1 aliphatic rings. The third kappa shape index (κ3) is 24.3. The van der Waals surface area contributed by atoms with Crippen molar-refractivity contribution >= 4 is 13.7 Å². The average molecular weight is 808 g/mol. The predicted molar refractivity (Wildman–Crippen MR) is 215 cm³/mol. The topological polar surface area (TPSA) is 226 Å². The molecule has 1 saturated carbocycles. The molecule has 14 heteroatoms. The fourth-order valence-electron chi connectivity index (χ4n) is 6.73. The molecule has 1 rings (SSSR count). The number of nitrogens with one attached hydrogen (secondary N) is 1. The Morgan fingerprint density at radius 1 is 0.636 bits per heavy atom. The van der Waals surface area contributed by atoms with Crippen LogP contribution in [0.3, 0.4) is 0 Å². The van der Waals surface area contributed by atoms with Gasteiger partial charge in [0, 0.05) is 0 Å². The van der Waals surface area contributed by atoms with Crippen molar-refractivity contribution in [3.63, 3.8) is 0 Å². The molecule has 0 heterocycles. The maximum atomic E-state index is 12.9. The zero-order valence-electron chi connectivity index (χ0n) is 33.8. The van der Waals surface area contributed by atoms with Crippen molar-refractivity contribution in [2.75, 3.05) is 6.61 Å². The van der Waals surface area contributed by atoms with E-state index in [0.717, 1.165) is 44.9 Å². The molecule has 13 nitrogen and oxygen atoms in total. The average Bonchev–Trinajstić information content (AvgIpc) is 3.15. The Morgan fingerprint density at radius 2 is 1.07 bits per heavy atom. The summed E-state index contributed by atoms with van der Waals surface area (Å²) in [5.41, 5.74) is 0. The third-order valence-electron chi connectivity index (χ3n) is 10.3. The molecule has 0 aromatic carbocycles. The Kier molecular flexibility index (Phi) is 29.9. The van der Waals surface area contributed by atoms with Crippen LogP contribution in [0.4, 0.5) is 0 Å². The highest BCUT2D eigenvalue weighted by Crippen LogP contribution is 2.47. The Balaban J connectivity index is 2.62. The fraction of sp³-hybridized carbons (Fsp3) is 0.878. The Hall–Kier alpha value is -1.22. The number of aliphatic hydroxyl groups is 7. The van der Waals surface area contributed by atoms with Crippen molar-refractivity contribution in [3.8, 4) is 0 Å². The monoisotopic (exact) mass is 808 g/mol. The third-order valence-corrected chi connectivity index (χ3v) is 11.3. The van der Waals surface area contributed by atoms with Gasteiger partial charge < -0.3 is 46.0 Å². The van der Waals surface area contributed by atoms with Crippen LogP contribution in [-0.2, 0) is 18.4 Å². The highest BCUT2D eigenvalue weighted by Gasteiger charge is 2.51. The largest absolute Gasteiger partial charge is 0.472 e. The molecule has 8 atom stereocenters. The van der Waals surface area contributed by atoms with Gasteiger partial charge in [-0.25, -0.2) is 4.57 Å². The van der Waals surface area contributed by atoms with E-state index in [1.807, 2.05) is 0 Å². The molecule has 0 aliphatic heterocycles. The number of phosphoric acid groups is 1. The van der Waals surface area contributed by atoms with Crippen LogP contribution in [0, 0.1) is 0 Å². The van der Waals surface area contributed by atoms with E-state index in [-0.39, 0.29) is 6.42 Å². The Bertz CT molecular complexity index is 1050. The summed E-state index contributed by atoms with van der Waals surface area (Å²) in [6, 6.07) is -1.25. The van der Waals surface area contributed by atoms with Crippen molar-refractivity contribution in [2.24, 2.45) is 0 Å². The van der Waals surface area contributed by atoms with Gasteiger partial charge in [0.15, 0.2) is 0 Å². The maximum Gasteiger partial charge on any atom is 0.472 e. The minimum absolute atomic E-state index is 0.250. The van der Waals surface area contributed by atoms with Gasteiger partial charge in [-0.1, -0.05) is 154 Å². The van der Waals surface area contributed by atoms with Gasteiger partial charge in [0.2, 0.25) is 5.91 Å². The Morgan fingerprint density at radius 3 is 1.60 bits per heavy atom. The summed E-state index contributed by atoms with van der Waals surface area (Å²) in [5, 5.41) is 74.2. The normalized spacial score (nSPS) is 24.6. The van der Waals surface area contributed by atoms with Crippen molar-refractivity contribution in [3.05, 3.63) is 24.3 Å². The number of carbonyl (C=O) groups excluding carboxylic acids is 1. The minimum atomic E-state index is -5.14. The lowest BCUT2D eigenvalue weighted by Crippen LogP contribution is -2.64. The number of rotatable bonds is 34. The van der Waals surface area contributed by atoms with Crippen LogP contribution in [0.25, 0.3) is 0 Å². The number of allylic oxidation sites excluding steroid dienone is 3. The van der Waals surface area contributed by atoms with Crippen LogP contribution in [0.15, 0.2) is 24.3 Å². The zero-order valence-corrected chi connectivity index (χ0v) is 34.7. The van der Waals surface area contributed by atoms with Crippen LogP contribution in [0.1, 0.15) is 168 Å². The summed E-state index contributed by atoms with van der Waals surface area (Å²) in [5.74, 6) is -0.604. The first kappa shape index (κ1) is 51.8. The molecule has 8 unspecified atom stereocenters. The molecule has 0 bridgehead atoms. The number of aliphatic hydroxyl groups excluding tert-OH is 7. The molecule has 1 aliphatic carbocycles. The Labute approximate surface area is 331 Å². The number of unbranched alkanes of at least 4 members (excludes halogenated alkanes) is 19. The van der Waals surface area contributed by atoms with Crippen LogP contribution in [-0.4, -0.2) is 108 Å². The first-order valence-electron chi connectivity index (χ1n) is 21.4. The summed E-state index contributed by atoms with van der Waals surface area (Å²) < 4.78 is 22.8. The lowest BCUT2D eigenvalue weighted by molar-refractivity contribution is -0.220. The van der Waals surface area contributed by atoms with E-state index in [1.165, 1.54) is 96.0 Å². The van der Waals surface area contributed by atoms with E-state index < -0.39 is 75.2 Å². The second-order valence-electron chi connectivity index (χ2n) is 15.4. The summed E-state index contributed by atoms with van der Waals surface area (Å²) in [6.45, 7) is 3.68. The van der Waals surface area contributed by atoms with Crippen LogP contribution in [0.2, 0.25) is 0 Å². The molecule has 9 N–H and O–H groups in total. The van der Waals surface area contributed by atoms with E-state index in [4.69, 9.17) is 9.05 Å². The van der Waals surface area contributed by atoms with Crippen LogP contribution < -0.4 is 5.32 Å². The first-order valence-corrected chi connectivity index (χ1v) is 22.9. The van der Waals surface area contributed by atoms with E-state index in [0.29, 0.717) is 12.8 Å². The molecule has 0 aromatic heterocycles. The molecule has 0 aromatic rings. The van der Waals surface area contributed by atoms with Crippen molar-refractivity contribution in [1.29, 1.82) is 0 Å². The van der Waals surface area contributed by atoms with Gasteiger partial charge in [0.05, 0.1) is 31.3 Å². The molecular weight excluding hydrogens is 729 g/mol. The number of amides is 1. The quantitative estimate of drug-likeness (QED) is 0.0207. The van der Waals surface area contributed by atoms with Gasteiger partial charge in [-0.3, -0.25) is 13.8 Å². The highest BCUT2D eigenvalue weighted by molar-refractivity contribution is 7.47. The van der Waals surface area contributed by atoms with Gasteiger partial charge in [-0.2, -0.15) is 0 Å². The van der Waals surface area contributed by atoms with Crippen molar-refractivity contribution < 1.29 is 59.0 Å². The van der Waals surface area contributed by atoms with E-state index in [1.54, 1.807) is 6.08 Å². The fourth-order valence-corrected chi connectivity index (χ4v) is 7.69. The van der Waals surface area contributed by atoms with Gasteiger partial charge in [-0.05, 0) is 32.1 Å². The van der Waals surface area contributed by atoms with Crippen LogP contribution >= 0.6 is 7.82 Å². The van der Waals surface area contributed by atoms with Gasteiger partial charge in [0.25, 0.3) is 0 Å². The number of phosphoric ester groups is 1. The molecule has 324 valence electrons. The predicted octanol–water partition coefficient (Wildman–Crippen LogP) is 6.03. The standard InChI is InChI=1S/C41H78NO12P/c1-3-5-7-9-11-13-15-17-18-20-22-24-26-28-32(43)30-35(45)42-33(34(44)29-27-25-23-21-19-16-14-12-10-8-6-4-2)31-53-55(51,52)54-41-39(49)37(47)36(46)38(48)40(41)50/h19,21,27,29,32-34,36-41,43-44,46-50H,3-18,20,22-26,28,30-31H2,1-2H3,(H,42,45)(H,51,52)/b21-19+,29-27+. The summed E-state index contributed by atoms with van der Waals surface area (Å²) in [6.07, 6.45) is 18.6. The SMILES string of the molecule is CCCCCCCC/C=C/CC/C=C/C(O)C(COP(=O)(O)OC1C(O)C(O)C(O)C(O)C1O)NC(=O)CC(O)CCCCCCCCCCCCCCC. The second-order valence-corrected chi connectivity index (χ2v) is 16.8. The van der Waals surface area contributed by atoms with E-state index in [2.05, 4.69) is 31.3 Å². The smallest absolute Gasteiger partial charge is 0.393 e. The zero-order chi connectivity index (χ0) is 40.9.